The lowest BCUT2D eigenvalue weighted by molar-refractivity contribution is -0.245. The predicted molar refractivity (Wildman–Crippen MR) is 207 cm³/mol. The number of aliphatic carboxylic acids is 1. The quantitative estimate of drug-likeness (QED) is 0.0937. The van der Waals surface area contributed by atoms with Gasteiger partial charge in [-0.2, -0.15) is 0 Å². The second-order valence-corrected chi connectivity index (χ2v) is 14.0. The summed E-state index contributed by atoms with van der Waals surface area (Å²) < 4.78 is 19.6. The molecule has 1 amide bonds. The number of ether oxygens (including phenoxy) is 2. The van der Waals surface area contributed by atoms with E-state index in [4.69, 9.17) is 24.0 Å². The lowest BCUT2D eigenvalue weighted by Gasteiger charge is -2.36. The maximum atomic E-state index is 12.2. The van der Waals surface area contributed by atoms with Crippen LogP contribution in [-0.2, 0) is 32.2 Å². The summed E-state index contributed by atoms with van der Waals surface area (Å²) >= 11 is 1.51. The van der Waals surface area contributed by atoms with Crippen LogP contribution >= 0.6 is 11.8 Å². The molecule has 0 spiro atoms. The number of hydrogen-bond donors (Lipinski definition) is 3. The maximum Gasteiger partial charge on any atom is 0.303 e. The van der Waals surface area contributed by atoms with Crippen molar-refractivity contribution in [1.82, 2.24) is 10.3 Å². The zero-order valence-electron chi connectivity index (χ0n) is 29.5. The molecule has 6 aromatic rings. The lowest BCUT2D eigenvalue weighted by Crippen LogP contribution is -2.31. The molecule has 1 aliphatic heterocycles. The molecule has 3 atom stereocenters. The van der Waals surface area contributed by atoms with Crippen LogP contribution in [0.1, 0.15) is 53.9 Å². The number of aromatic nitrogens is 1. The average Bonchev–Trinajstić information content (AvgIpc) is 3.66. The van der Waals surface area contributed by atoms with Gasteiger partial charge in [0.15, 0.2) is 12.1 Å². The van der Waals surface area contributed by atoms with E-state index in [1.54, 1.807) is 0 Å². The number of hydrogen-bond acceptors (Lipinski definition) is 8. The van der Waals surface area contributed by atoms with Crippen molar-refractivity contribution in [2.75, 3.05) is 5.75 Å². The highest BCUT2D eigenvalue weighted by Crippen LogP contribution is 2.41. The molecule has 2 heterocycles. The number of aliphatic hydroxyl groups is 1. The van der Waals surface area contributed by atoms with E-state index in [0.717, 1.165) is 56.0 Å². The molecule has 1 saturated heterocycles. The predicted octanol–water partition coefficient (Wildman–Crippen LogP) is 8.99. The molecule has 1 fully saturated rings. The van der Waals surface area contributed by atoms with Crippen LogP contribution in [0.25, 0.3) is 33.7 Å². The van der Waals surface area contributed by atoms with Crippen LogP contribution in [0, 0.1) is 0 Å². The van der Waals surface area contributed by atoms with Crippen LogP contribution < -0.4 is 5.32 Å². The van der Waals surface area contributed by atoms with Gasteiger partial charge in [-0.05, 0) is 27.8 Å². The first-order valence-electron chi connectivity index (χ1n) is 17.9. The van der Waals surface area contributed by atoms with Crippen molar-refractivity contribution in [1.29, 1.82) is 0 Å². The van der Waals surface area contributed by atoms with Crippen LogP contribution in [-0.4, -0.2) is 38.9 Å². The minimum absolute atomic E-state index is 0.0323. The number of rotatable bonds is 14. The Morgan fingerprint density at radius 3 is 2.11 bits per heavy atom. The number of carboxylic acid groups (broad SMARTS) is 1. The third kappa shape index (κ3) is 9.15. The molecule has 1 aliphatic rings. The van der Waals surface area contributed by atoms with E-state index in [1.807, 2.05) is 133 Å². The Kier molecular flexibility index (Phi) is 12.0. The average molecular weight is 741 g/mol. The van der Waals surface area contributed by atoms with Crippen LogP contribution in [0.3, 0.4) is 0 Å². The third-order valence-electron chi connectivity index (χ3n) is 9.25. The number of amides is 1. The Balaban J connectivity index is 1.10. The van der Waals surface area contributed by atoms with E-state index < -0.39 is 12.3 Å². The van der Waals surface area contributed by atoms with Gasteiger partial charge in [-0.15, -0.1) is 0 Å². The second kappa shape index (κ2) is 17.5. The fourth-order valence-corrected chi connectivity index (χ4v) is 7.25. The first-order valence-corrected chi connectivity index (χ1v) is 18.8. The number of oxazole rings is 1. The van der Waals surface area contributed by atoms with Crippen LogP contribution in [0.15, 0.2) is 143 Å². The van der Waals surface area contributed by atoms with Gasteiger partial charge in [0.05, 0.1) is 25.2 Å². The summed E-state index contributed by atoms with van der Waals surface area (Å²) in [6, 6.07) is 43.7. The molecular formula is C44H40N2O7S. The number of carbonyl (C=O) groups excluding carboxylic acids is 1. The summed E-state index contributed by atoms with van der Waals surface area (Å²) in [4.78, 5) is 28.0. The molecule has 10 heteroatoms. The first-order chi connectivity index (χ1) is 26.4. The Hall–Kier alpha value is -5.52. The minimum Gasteiger partial charge on any atom is -0.481 e. The van der Waals surface area contributed by atoms with Crippen LogP contribution in [0.4, 0.5) is 0 Å². The topological polar surface area (TPSA) is 131 Å². The minimum atomic E-state index is -1.00. The zero-order chi connectivity index (χ0) is 37.3. The van der Waals surface area contributed by atoms with E-state index in [9.17, 15) is 14.7 Å². The van der Waals surface area contributed by atoms with E-state index in [1.165, 1.54) is 11.8 Å². The molecule has 5 aromatic carbocycles. The van der Waals surface area contributed by atoms with E-state index in [2.05, 4.69) is 5.32 Å². The molecular weight excluding hydrogens is 701 g/mol. The summed E-state index contributed by atoms with van der Waals surface area (Å²) in [5.41, 5.74) is 8.25. The van der Waals surface area contributed by atoms with Gasteiger partial charge in [0.25, 0.3) is 5.22 Å². The highest BCUT2D eigenvalue weighted by Gasteiger charge is 2.33. The number of aliphatic hydroxyl groups excluding tert-OH is 1. The van der Waals surface area contributed by atoms with Crippen LogP contribution in [0.2, 0.25) is 0 Å². The molecule has 274 valence electrons. The highest BCUT2D eigenvalue weighted by molar-refractivity contribution is 7.99. The zero-order valence-corrected chi connectivity index (χ0v) is 30.3. The van der Waals surface area contributed by atoms with Gasteiger partial charge in [-0.25, -0.2) is 4.98 Å². The molecule has 1 aromatic heterocycles. The maximum absolute atomic E-state index is 12.2. The summed E-state index contributed by atoms with van der Waals surface area (Å²) in [5.74, 6) is -0.00726. The van der Waals surface area contributed by atoms with Gasteiger partial charge in [-0.1, -0.05) is 145 Å². The molecule has 0 aliphatic carbocycles. The van der Waals surface area contributed by atoms with Gasteiger partial charge in [-0.3, -0.25) is 9.59 Å². The summed E-state index contributed by atoms with van der Waals surface area (Å²) in [6.45, 7) is 0.251. The van der Waals surface area contributed by atoms with Gasteiger partial charge in [0.1, 0.15) is 5.69 Å². The number of benzene rings is 5. The van der Waals surface area contributed by atoms with Crippen LogP contribution in [0.5, 0.6) is 0 Å². The first kappa shape index (κ1) is 36.8. The van der Waals surface area contributed by atoms with Crippen molar-refractivity contribution in [2.24, 2.45) is 0 Å². The fourth-order valence-electron chi connectivity index (χ4n) is 6.40. The summed E-state index contributed by atoms with van der Waals surface area (Å²) in [5, 5.41) is 21.9. The van der Waals surface area contributed by atoms with Gasteiger partial charge < -0.3 is 29.4 Å². The van der Waals surface area contributed by atoms with Crippen molar-refractivity contribution in [2.45, 2.75) is 56.1 Å². The fraction of sp³-hybridized carbons (Fsp3) is 0.205. The molecule has 3 N–H and O–H groups in total. The summed E-state index contributed by atoms with van der Waals surface area (Å²) in [6.07, 6.45) is -0.761. The van der Waals surface area contributed by atoms with Crippen molar-refractivity contribution >= 4 is 23.6 Å². The molecule has 9 nitrogen and oxygen atoms in total. The van der Waals surface area contributed by atoms with Crippen molar-refractivity contribution in [3.63, 3.8) is 0 Å². The van der Waals surface area contributed by atoms with E-state index >= 15 is 0 Å². The number of carboxylic acids is 1. The number of nitrogens with zero attached hydrogens (tertiary/aromatic N) is 1. The van der Waals surface area contributed by atoms with Crippen molar-refractivity contribution in [3.05, 3.63) is 156 Å². The molecule has 7 rings (SSSR count). The monoisotopic (exact) mass is 740 g/mol. The SMILES string of the molecule is O=C(O)CCC(=O)NCc1ccccc1-c1ccc([C@H]2O[C@@H](CSc3nc(-c4ccccc4)c(-c4ccccc4)o3)C[C@@H](c3ccc(CO)cc3)O2)cc1. The molecule has 0 saturated carbocycles. The Morgan fingerprint density at radius 2 is 1.41 bits per heavy atom. The Morgan fingerprint density at radius 1 is 0.741 bits per heavy atom. The highest BCUT2D eigenvalue weighted by atomic mass is 32.2. The van der Waals surface area contributed by atoms with E-state index in [0.29, 0.717) is 17.4 Å². The second-order valence-electron chi connectivity index (χ2n) is 13.0. The van der Waals surface area contributed by atoms with Gasteiger partial charge in [0, 0.05) is 41.8 Å². The Labute approximate surface area is 318 Å². The largest absolute Gasteiger partial charge is 0.481 e. The van der Waals surface area contributed by atoms with Crippen molar-refractivity contribution < 1.29 is 33.7 Å². The smallest absolute Gasteiger partial charge is 0.303 e. The number of nitrogens with one attached hydrogen (secondary N) is 1. The van der Waals surface area contributed by atoms with Gasteiger partial charge in [0.2, 0.25) is 5.91 Å². The number of thioether (sulfide) groups is 1. The lowest BCUT2D eigenvalue weighted by atomic mass is 9.97. The third-order valence-corrected chi connectivity index (χ3v) is 10.2. The molecule has 0 radical (unpaired) electrons. The van der Waals surface area contributed by atoms with E-state index in [-0.39, 0.29) is 44.1 Å². The van der Waals surface area contributed by atoms with Gasteiger partial charge >= 0.3 is 5.97 Å². The molecule has 0 bridgehead atoms. The summed E-state index contributed by atoms with van der Waals surface area (Å²) in [7, 11) is 0. The molecule has 0 unspecified atom stereocenters. The van der Waals surface area contributed by atoms with Crippen molar-refractivity contribution in [3.8, 4) is 33.7 Å². The Bertz CT molecular complexity index is 2100. The normalized spacial score (nSPS) is 16.9. The standard InChI is InChI=1S/C44H40N2O7S/c47-27-29-15-17-31(18-16-29)38-25-36(28-54-44-46-41(32-9-3-1-4-10-32)42(53-44)33-11-5-2-6-12-33)51-43(52-38)34-21-19-30(20-22-34)37-14-8-7-13-35(37)26-45-39(48)23-24-40(49)50/h1-22,36,38,43,47H,23-28H2,(H,45,48)(H,49,50)/t36-,38+,43+/m1/s1. The molecule has 54 heavy (non-hydrogen) atoms. The number of carbonyl (C=O) groups is 2.